The van der Waals surface area contributed by atoms with Crippen LogP contribution in [0.2, 0.25) is 0 Å². The standard InChI is InChI=1S/C27H27FN4O3S2/c1-18-10-11-23-25(19(18)2)30-27(36-23)32(17-21-7-5-6-14-29-21)26(33)20-12-15-31(16-13-20)37(34,35)24-9-4-3-8-22(24)28/h3-11,14,20H,12-13,15-17H2,1-2H3. The lowest BCUT2D eigenvalue weighted by Gasteiger charge is -2.33. The molecule has 10 heteroatoms. The second kappa shape index (κ2) is 10.3. The van der Waals surface area contributed by atoms with E-state index in [0.29, 0.717) is 18.0 Å². The molecule has 0 aliphatic carbocycles. The van der Waals surface area contributed by atoms with Gasteiger partial charge in [-0.2, -0.15) is 4.31 Å². The van der Waals surface area contributed by atoms with Crippen LogP contribution in [-0.2, 0) is 21.4 Å². The van der Waals surface area contributed by atoms with Gasteiger partial charge in [-0.1, -0.05) is 35.6 Å². The van der Waals surface area contributed by atoms with E-state index >= 15 is 0 Å². The summed E-state index contributed by atoms with van der Waals surface area (Å²) < 4.78 is 42.5. The van der Waals surface area contributed by atoms with Crippen LogP contribution in [-0.4, -0.2) is 41.7 Å². The molecular formula is C27H27FN4O3S2. The highest BCUT2D eigenvalue weighted by atomic mass is 32.2. The number of nitrogens with zero attached hydrogens (tertiary/aromatic N) is 4. The predicted molar refractivity (Wildman–Crippen MR) is 142 cm³/mol. The Balaban J connectivity index is 1.40. The molecule has 2 aromatic heterocycles. The summed E-state index contributed by atoms with van der Waals surface area (Å²) in [5.74, 6) is -1.27. The number of pyridine rings is 1. The first-order chi connectivity index (χ1) is 17.8. The molecule has 1 amide bonds. The number of amides is 1. The van der Waals surface area contributed by atoms with Crippen LogP contribution in [0, 0.1) is 25.6 Å². The molecule has 4 aromatic rings. The van der Waals surface area contributed by atoms with Crippen molar-refractivity contribution in [2.24, 2.45) is 5.92 Å². The summed E-state index contributed by atoms with van der Waals surface area (Å²) in [5.41, 5.74) is 3.83. The molecular weight excluding hydrogens is 511 g/mol. The molecule has 1 aliphatic rings. The maximum Gasteiger partial charge on any atom is 0.245 e. The molecule has 1 saturated heterocycles. The van der Waals surface area contributed by atoms with Gasteiger partial charge in [-0.15, -0.1) is 0 Å². The van der Waals surface area contributed by atoms with Crippen LogP contribution in [0.15, 0.2) is 65.7 Å². The minimum Gasteiger partial charge on any atom is -0.282 e. The van der Waals surface area contributed by atoms with Crippen LogP contribution in [0.25, 0.3) is 10.2 Å². The second-order valence-corrected chi connectivity index (χ2v) is 12.1. The van der Waals surface area contributed by atoms with E-state index in [-0.39, 0.29) is 36.4 Å². The number of carbonyl (C=O) groups is 1. The van der Waals surface area contributed by atoms with Gasteiger partial charge in [0.25, 0.3) is 0 Å². The first kappa shape index (κ1) is 25.4. The van der Waals surface area contributed by atoms with E-state index in [9.17, 15) is 17.6 Å². The summed E-state index contributed by atoms with van der Waals surface area (Å²) in [5, 5.41) is 0.598. The minimum atomic E-state index is -3.98. The van der Waals surface area contributed by atoms with Crippen molar-refractivity contribution in [1.29, 1.82) is 0 Å². The summed E-state index contributed by atoms with van der Waals surface area (Å²) in [4.78, 5) is 24.4. The van der Waals surface area contributed by atoms with E-state index in [0.717, 1.165) is 33.1 Å². The van der Waals surface area contributed by atoms with Gasteiger partial charge in [-0.3, -0.25) is 14.7 Å². The summed E-state index contributed by atoms with van der Waals surface area (Å²) in [7, 11) is -3.98. The largest absolute Gasteiger partial charge is 0.282 e. The Morgan fingerprint density at radius 1 is 1.08 bits per heavy atom. The highest BCUT2D eigenvalue weighted by Gasteiger charge is 2.36. The fourth-order valence-electron chi connectivity index (χ4n) is 4.58. The number of anilines is 1. The van der Waals surface area contributed by atoms with Crippen LogP contribution in [0.5, 0.6) is 0 Å². The molecule has 192 valence electrons. The van der Waals surface area contributed by atoms with E-state index in [1.165, 1.54) is 33.8 Å². The number of fused-ring (bicyclic) bond motifs is 1. The maximum atomic E-state index is 14.2. The molecule has 1 fully saturated rings. The zero-order chi connectivity index (χ0) is 26.2. The number of carbonyl (C=O) groups excluding carboxylic acids is 1. The number of aromatic nitrogens is 2. The Labute approximate surface area is 219 Å². The third kappa shape index (κ3) is 5.01. The van der Waals surface area contributed by atoms with Gasteiger partial charge in [0.15, 0.2) is 5.13 Å². The smallest absolute Gasteiger partial charge is 0.245 e. The lowest BCUT2D eigenvalue weighted by molar-refractivity contribution is -0.123. The Hall–Kier alpha value is -3.21. The van der Waals surface area contributed by atoms with Gasteiger partial charge < -0.3 is 0 Å². The summed E-state index contributed by atoms with van der Waals surface area (Å²) in [6, 6.07) is 15.0. The molecule has 1 aliphatic heterocycles. The molecule has 37 heavy (non-hydrogen) atoms. The highest BCUT2D eigenvalue weighted by Crippen LogP contribution is 2.35. The summed E-state index contributed by atoms with van der Waals surface area (Å²) in [6.07, 6.45) is 2.37. The zero-order valence-electron chi connectivity index (χ0n) is 20.6. The lowest BCUT2D eigenvalue weighted by Crippen LogP contribution is -2.44. The van der Waals surface area contributed by atoms with E-state index in [4.69, 9.17) is 4.98 Å². The van der Waals surface area contributed by atoms with E-state index in [1.807, 2.05) is 38.1 Å². The highest BCUT2D eigenvalue weighted by molar-refractivity contribution is 7.89. The molecule has 0 unspecified atom stereocenters. The zero-order valence-corrected chi connectivity index (χ0v) is 22.2. The van der Waals surface area contributed by atoms with Crippen LogP contribution in [0.4, 0.5) is 9.52 Å². The van der Waals surface area contributed by atoms with Crippen molar-refractivity contribution in [3.05, 3.63) is 83.4 Å². The molecule has 0 N–H and O–H groups in total. The van der Waals surface area contributed by atoms with Crippen LogP contribution in [0.3, 0.4) is 0 Å². The summed E-state index contributed by atoms with van der Waals surface area (Å²) in [6.45, 7) is 4.61. The van der Waals surface area contributed by atoms with Crippen molar-refractivity contribution in [2.45, 2.75) is 38.1 Å². The number of sulfonamides is 1. The van der Waals surface area contributed by atoms with Crippen molar-refractivity contribution in [3.8, 4) is 0 Å². The monoisotopic (exact) mass is 538 g/mol. The van der Waals surface area contributed by atoms with Gasteiger partial charge in [0, 0.05) is 25.2 Å². The van der Waals surface area contributed by atoms with Crippen molar-refractivity contribution >= 4 is 42.6 Å². The molecule has 7 nitrogen and oxygen atoms in total. The second-order valence-electron chi connectivity index (χ2n) is 9.20. The lowest BCUT2D eigenvalue weighted by atomic mass is 9.96. The van der Waals surface area contributed by atoms with Gasteiger partial charge in [0.2, 0.25) is 15.9 Å². The van der Waals surface area contributed by atoms with E-state index in [1.54, 1.807) is 11.1 Å². The number of hydrogen-bond acceptors (Lipinski definition) is 6. The predicted octanol–water partition coefficient (Wildman–Crippen LogP) is 5.08. The number of rotatable bonds is 6. The number of halogens is 1. The number of thiazole rings is 1. The maximum absolute atomic E-state index is 14.2. The fourth-order valence-corrected chi connectivity index (χ4v) is 7.14. The van der Waals surface area contributed by atoms with Gasteiger partial charge in [0.05, 0.1) is 22.5 Å². The molecule has 0 atom stereocenters. The number of piperidine rings is 1. The Kier molecular flexibility index (Phi) is 7.06. The number of aryl methyl sites for hydroxylation is 2. The number of benzene rings is 2. The summed E-state index contributed by atoms with van der Waals surface area (Å²) >= 11 is 1.46. The van der Waals surface area contributed by atoms with Crippen molar-refractivity contribution in [2.75, 3.05) is 18.0 Å². The first-order valence-electron chi connectivity index (χ1n) is 12.1. The molecule has 0 bridgehead atoms. The third-order valence-corrected chi connectivity index (χ3v) is 9.85. The number of hydrogen-bond donors (Lipinski definition) is 0. The molecule has 2 aromatic carbocycles. The van der Waals surface area contributed by atoms with Crippen LogP contribution in [0.1, 0.15) is 29.7 Å². The van der Waals surface area contributed by atoms with Gasteiger partial charge in [-0.25, -0.2) is 17.8 Å². The first-order valence-corrected chi connectivity index (χ1v) is 14.3. The molecule has 3 heterocycles. The molecule has 0 saturated carbocycles. The van der Waals surface area contributed by atoms with Gasteiger partial charge in [0.1, 0.15) is 10.7 Å². The average Bonchev–Trinajstić information content (AvgIpc) is 3.35. The topological polar surface area (TPSA) is 83.5 Å². The Morgan fingerprint density at radius 3 is 2.51 bits per heavy atom. The Morgan fingerprint density at radius 2 is 1.81 bits per heavy atom. The molecule has 5 rings (SSSR count). The molecule has 0 spiro atoms. The van der Waals surface area contributed by atoms with Crippen LogP contribution >= 0.6 is 11.3 Å². The van der Waals surface area contributed by atoms with Crippen molar-refractivity contribution in [1.82, 2.24) is 14.3 Å². The normalized spacial score (nSPS) is 15.2. The SMILES string of the molecule is Cc1ccc2sc(N(Cc3ccccn3)C(=O)C3CCN(S(=O)(=O)c4ccccc4F)CC3)nc2c1C. The van der Waals surface area contributed by atoms with Gasteiger partial charge >= 0.3 is 0 Å². The van der Waals surface area contributed by atoms with Gasteiger partial charge in [-0.05, 0) is 68.1 Å². The average molecular weight is 539 g/mol. The molecule has 0 radical (unpaired) electrons. The quantitative estimate of drug-likeness (QED) is 0.342. The van der Waals surface area contributed by atoms with Crippen LogP contribution < -0.4 is 4.90 Å². The third-order valence-electron chi connectivity index (χ3n) is 6.87. The Bertz CT molecular complexity index is 1550. The van der Waals surface area contributed by atoms with E-state index in [2.05, 4.69) is 11.1 Å². The fraction of sp³-hybridized carbons (Fsp3) is 0.296. The minimum absolute atomic E-state index is 0.109. The van der Waals surface area contributed by atoms with Crippen molar-refractivity contribution in [3.63, 3.8) is 0 Å². The van der Waals surface area contributed by atoms with E-state index < -0.39 is 15.8 Å². The van der Waals surface area contributed by atoms with Crippen molar-refractivity contribution < 1.29 is 17.6 Å².